The zero-order valence-corrected chi connectivity index (χ0v) is 15.9. The van der Waals surface area contributed by atoms with Gasteiger partial charge in [0.1, 0.15) is 10.8 Å². The van der Waals surface area contributed by atoms with Crippen LogP contribution in [0, 0.1) is 6.92 Å². The quantitative estimate of drug-likeness (QED) is 0.386. The number of nitrogens with one attached hydrogen (secondary N) is 3. The van der Waals surface area contributed by atoms with Gasteiger partial charge >= 0.3 is 0 Å². The largest absolute Gasteiger partial charge is 0.367 e. The predicted molar refractivity (Wildman–Crippen MR) is 102 cm³/mol. The first-order chi connectivity index (χ1) is 11.6. The highest BCUT2D eigenvalue weighted by Gasteiger charge is 2.03. The molecule has 0 atom stereocenters. The van der Waals surface area contributed by atoms with Crippen LogP contribution in [0.5, 0.6) is 0 Å². The molecular weight excluding hydrogens is 367 g/mol. The van der Waals surface area contributed by atoms with Crippen molar-refractivity contribution in [3.8, 4) is 0 Å². The summed E-state index contributed by atoms with van der Waals surface area (Å²) in [5.41, 5.74) is 0. The molecule has 2 aromatic rings. The van der Waals surface area contributed by atoms with Crippen molar-refractivity contribution in [2.45, 2.75) is 20.4 Å². The summed E-state index contributed by atoms with van der Waals surface area (Å²) in [5.74, 6) is 1.37. The molecule has 0 aliphatic rings. The molecule has 0 spiro atoms. The average molecular weight is 387 g/mol. The number of rotatable bonds is 7. The number of aryl methyl sites for hydroxylation is 1. The lowest BCUT2D eigenvalue weighted by atomic mass is 10.4. The molecule has 0 saturated heterocycles. The standard InChI is InChI=1S/C15H20Cl2N6S/c1-3-18-15(23-9-13-21-7-10(2)24-13)20-5-4-19-14-12(17)6-11(16)8-22-14/h6-8H,3-5,9H2,1-2H3,(H,19,22)(H2,18,20,23). The second-order valence-electron chi connectivity index (χ2n) is 4.90. The first-order valence-electron chi connectivity index (χ1n) is 7.57. The molecule has 24 heavy (non-hydrogen) atoms. The van der Waals surface area contributed by atoms with Crippen LogP contribution in [0.25, 0.3) is 0 Å². The zero-order chi connectivity index (χ0) is 17.4. The highest BCUT2D eigenvalue weighted by Crippen LogP contribution is 2.21. The molecule has 0 amide bonds. The Balaban J connectivity index is 1.80. The summed E-state index contributed by atoms with van der Waals surface area (Å²) in [5, 5.41) is 11.6. The number of aromatic nitrogens is 2. The molecule has 0 unspecified atom stereocenters. The SMILES string of the molecule is CCNC(=NCc1ncc(C)s1)NCCNc1ncc(Cl)cc1Cl. The van der Waals surface area contributed by atoms with Crippen LogP contribution in [-0.2, 0) is 6.54 Å². The van der Waals surface area contributed by atoms with Crippen LogP contribution in [0.3, 0.4) is 0 Å². The van der Waals surface area contributed by atoms with Crippen molar-refractivity contribution < 1.29 is 0 Å². The van der Waals surface area contributed by atoms with Gasteiger partial charge in [-0.3, -0.25) is 0 Å². The highest BCUT2D eigenvalue weighted by molar-refractivity contribution is 7.11. The fraction of sp³-hybridized carbons (Fsp3) is 0.400. The summed E-state index contributed by atoms with van der Waals surface area (Å²) in [6, 6.07) is 1.66. The molecule has 9 heteroatoms. The number of halogens is 2. The maximum Gasteiger partial charge on any atom is 0.191 e. The van der Waals surface area contributed by atoms with Gasteiger partial charge in [-0.1, -0.05) is 23.2 Å². The van der Waals surface area contributed by atoms with E-state index in [9.17, 15) is 0 Å². The molecule has 2 heterocycles. The van der Waals surface area contributed by atoms with Crippen molar-refractivity contribution in [3.63, 3.8) is 0 Å². The van der Waals surface area contributed by atoms with E-state index in [-0.39, 0.29) is 0 Å². The third-order valence-corrected chi connectivity index (χ3v) is 4.30. The molecule has 0 radical (unpaired) electrons. The third kappa shape index (κ3) is 6.14. The van der Waals surface area contributed by atoms with Crippen LogP contribution in [0.4, 0.5) is 5.82 Å². The van der Waals surface area contributed by atoms with Gasteiger partial charge in [0.05, 0.1) is 16.6 Å². The van der Waals surface area contributed by atoms with Gasteiger partial charge in [0.25, 0.3) is 0 Å². The summed E-state index contributed by atoms with van der Waals surface area (Å²) in [7, 11) is 0. The van der Waals surface area contributed by atoms with Gasteiger partial charge < -0.3 is 16.0 Å². The van der Waals surface area contributed by atoms with Gasteiger partial charge in [0, 0.05) is 36.9 Å². The molecule has 2 rings (SSSR count). The number of nitrogens with zero attached hydrogens (tertiary/aromatic N) is 3. The van der Waals surface area contributed by atoms with E-state index in [1.807, 2.05) is 20.0 Å². The molecule has 6 nitrogen and oxygen atoms in total. The molecule has 0 aliphatic heterocycles. The first-order valence-corrected chi connectivity index (χ1v) is 9.14. The fourth-order valence-corrected chi connectivity index (χ4v) is 3.03. The van der Waals surface area contributed by atoms with Gasteiger partial charge in [0.15, 0.2) is 5.96 Å². The van der Waals surface area contributed by atoms with Crippen LogP contribution in [0.2, 0.25) is 10.0 Å². The van der Waals surface area contributed by atoms with Gasteiger partial charge in [-0.15, -0.1) is 11.3 Å². The number of aliphatic imine (C=N–C) groups is 1. The second-order valence-corrected chi connectivity index (χ2v) is 7.06. The van der Waals surface area contributed by atoms with Crippen molar-refractivity contribution in [2.75, 3.05) is 25.0 Å². The normalized spacial score (nSPS) is 11.4. The summed E-state index contributed by atoms with van der Waals surface area (Å²) >= 11 is 13.6. The monoisotopic (exact) mass is 386 g/mol. The van der Waals surface area contributed by atoms with E-state index in [1.165, 1.54) is 4.88 Å². The predicted octanol–water partition coefficient (Wildman–Crippen LogP) is 3.32. The molecular formula is C15H20Cl2N6S. The average Bonchev–Trinajstić information content (AvgIpc) is 2.96. The van der Waals surface area contributed by atoms with Gasteiger partial charge in [-0.25, -0.2) is 15.0 Å². The molecule has 0 aliphatic carbocycles. The van der Waals surface area contributed by atoms with Gasteiger partial charge in [-0.05, 0) is 19.9 Å². The van der Waals surface area contributed by atoms with Crippen LogP contribution in [0.1, 0.15) is 16.8 Å². The Morgan fingerprint density at radius 1 is 1.21 bits per heavy atom. The van der Waals surface area contributed by atoms with E-state index in [0.29, 0.717) is 35.5 Å². The van der Waals surface area contributed by atoms with Crippen molar-refractivity contribution in [2.24, 2.45) is 4.99 Å². The number of pyridine rings is 1. The lowest BCUT2D eigenvalue weighted by Gasteiger charge is -2.12. The van der Waals surface area contributed by atoms with Crippen molar-refractivity contribution in [1.82, 2.24) is 20.6 Å². The number of hydrogen-bond acceptors (Lipinski definition) is 5. The van der Waals surface area contributed by atoms with Gasteiger partial charge in [0.2, 0.25) is 0 Å². The topological polar surface area (TPSA) is 74.2 Å². The minimum atomic E-state index is 0.502. The number of guanidine groups is 1. The Kier molecular flexibility index (Phi) is 7.55. The maximum atomic E-state index is 6.07. The highest BCUT2D eigenvalue weighted by atomic mass is 35.5. The summed E-state index contributed by atoms with van der Waals surface area (Å²) in [4.78, 5) is 14.2. The minimum absolute atomic E-state index is 0.502. The Bertz CT molecular complexity index is 688. The lowest BCUT2D eigenvalue weighted by Crippen LogP contribution is -2.39. The Hall–Kier alpha value is -1.57. The first kappa shape index (κ1) is 18.8. The van der Waals surface area contributed by atoms with Crippen LogP contribution >= 0.6 is 34.5 Å². The van der Waals surface area contributed by atoms with E-state index in [2.05, 4.69) is 30.9 Å². The number of thiazole rings is 1. The van der Waals surface area contributed by atoms with E-state index in [0.717, 1.165) is 17.5 Å². The summed E-state index contributed by atoms with van der Waals surface area (Å²) in [6.45, 7) is 6.74. The molecule has 0 bridgehead atoms. The Morgan fingerprint density at radius 2 is 2.04 bits per heavy atom. The van der Waals surface area contributed by atoms with Crippen LogP contribution in [0.15, 0.2) is 23.5 Å². The summed E-state index contributed by atoms with van der Waals surface area (Å²) in [6.07, 6.45) is 3.42. The molecule has 0 aromatic carbocycles. The summed E-state index contributed by atoms with van der Waals surface area (Å²) < 4.78 is 0. The third-order valence-electron chi connectivity index (χ3n) is 2.90. The fourth-order valence-electron chi connectivity index (χ4n) is 1.87. The van der Waals surface area contributed by atoms with Crippen LogP contribution in [-0.4, -0.2) is 35.6 Å². The van der Waals surface area contributed by atoms with Crippen LogP contribution < -0.4 is 16.0 Å². The molecule has 0 saturated carbocycles. The smallest absolute Gasteiger partial charge is 0.191 e. The molecule has 0 fully saturated rings. The molecule has 130 valence electrons. The number of anilines is 1. The van der Waals surface area contributed by atoms with E-state index >= 15 is 0 Å². The minimum Gasteiger partial charge on any atom is -0.367 e. The lowest BCUT2D eigenvalue weighted by molar-refractivity contribution is 0.817. The van der Waals surface area contributed by atoms with Crippen molar-refractivity contribution >= 4 is 46.3 Å². The van der Waals surface area contributed by atoms with Gasteiger partial charge in [-0.2, -0.15) is 0 Å². The Morgan fingerprint density at radius 3 is 2.71 bits per heavy atom. The molecule has 3 N–H and O–H groups in total. The zero-order valence-electron chi connectivity index (χ0n) is 13.6. The van der Waals surface area contributed by atoms with E-state index in [4.69, 9.17) is 23.2 Å². The van der Waals surface area contributed by atoms with Crippen molar-refractivity contribution in [3.05, 3.63) is 38.4 Å². The number of hydrogen-bond donors (Lipinski definition) is 3. The van der Waals surface area contributed by atoms with E-state index in [1.54, 1.807) is 23.6 Å². The maximum absolute atomic E-state index is 6.07. The van der Waals surface area contributed by atoms with Crippen molar-refractivity contribution in [1.29, 1.82) is 0 Å². The van der Waals surface area contributed by atoms with E-state index < -0.39 is 0 Å². The molecule has 2 aromatic heterocycles. The second kappa shape index (κ2) is 9.66. The Labute approximate surface area is 155 Å².